The minimum atomic E-state index is 0.209. The SMILES string of the molecule is CC(C)(C)c1cc(S)c[nH]1. The van der Waals surface area contributed by atoms with Crippen molar-refractivity contribution >= 4 is 12.6 Å². The van der Waals surface area contributed by atoms with E-state index in [4.69, 9.17) is 0 Å². The summed E-state index contributed by atoms with van der Waals surface area (Å²) in [6, 6.07) is 2.06. The van der Waals surface area contributed by atoms with Crippen LogP contribution < -0.4 is 0 Å². The molecule has 0 radical (unpaired) electrons. The maximum absolute atomic E-state index is 4.21. The van der Waals surface area contributed by atoms with Crippen LogP contribution in [-0.4, -0.2) is 4.98 Å². The summed E-state index contributed by atoms with van der Waals surface area (Å²) in [6.07, 6.45) is 1.91. The molecule has 0 atom stereocenters. The Kier molecular flexibility index (Phi) is 1.82. The molecule has 0 spiro atoms. The average molecular weight is 155 g/mol. The van der Waals surface area contributed by atoms with Gasteiger partial charge in [0.05, 0.1) is 0 Å². The first-order valence-corrected chi connectivity index (χ1v) is 3.83. The fraction of sp³-hybridized carbons (Fsp3) is 0.500. The summed E-state index contributed by atoms with van der Waals surface area (Å²) in [5.41, 5.74) is 1.44. The molecule has 0 aromatic carbocycles. The molecule has 1 N–H and O–H groups in total. The van der Waals surface area contributed by atoms with Crippen molar-refractivity contribution in [2.75, 3.05) is 0 Å². The van der Waals surface area contributed by atoms with Crippen molar-refractivity contribution in [1.29, 1.82) is 0 Å². The molecule has 1 rings (SSSR count). The average Bonchev–Trinajstić information content (AvgIpc) is 2.11. The molecule has 0 bridgehead atoms. The third-order valence-corrected chi connectivity index (χ3v) is 1.73. The van der Waals surface area contributed by atoms with E-state index in [2.05, 4.69) is 44.5 Å². The van der Waals surface area contributed by atoms with Gasteiger partial charge in [0.2, 0.25) is 0 Å². The van der Waals surface area contributed by atoms with Crippen molar-refractivity contribution in [2.24, 2.45) is 0 Å². The molecule has 1 aromatic heterocycles. The molecular formula is C8H13NS. The Balaban J connectivity index is 2.96. The lowest BCUT2D eigenvalue weighted by Crippen LogP contribution is -2.10. The van der Waals surface area contributed by atoms with Crippen molar-refractivity contribution in [1.82, 2.24) is 4.98 Å². The van der Waals surface area contributed by atoms with Crippen molar-refractivity contribution in [3.8, 4) is 0 Å². The van der Waals surface area contributed by atoms with E-state index in [0.717, 1.165) is 4.90 Å². The fourth-order valence-electron chi connectivity index (χ4n) is 0.816. The Morgan fingerprint density at radius 1 is 1.40 bits per heavy atom. The third-order valence-electron chi connectivity index (χ3n) is 1.48. The Bertz CT molecular complexity index is 219. The Hall–Kier alpha value is -0.370. The lowest BCUT2D eigenvalue weighted by molar-refractivity contribution is 0.572. The van der Waals surface area contributed by atoms with Crippen molar-refractivity contribution in [2.45, 2.75) is 31.1 Å². The zero-order valence-corrected chi connectivity index (χ0v) is 7.50. The van der Waals surface area contributed by atoms with Gasteiger partial charge in [0, 0.05) is 22.2 Å². The van der Waals surface area contributed by atoms with E-state index < -0.39 is 0 Å². The third kappa shape index (κ3) is 1.57. The van der Waals surface area contributed by atoms with E-state index >= 15 is 0 Å². The van der Waals surface area contributed by atoms with E-state index in [1.165, 1.54) is 5.69 Å². The summed E-state index contributed by atoms with van der Waals surface area (Å²) in [7, 11) is 0. The topological polar surface area (TPSA) is 15.8 Å². The van der Waals surface area contributed by atoms with Crippen LogP contribution in [0.3, 0.4) is 0 Å². The van der Waals surface area contributed by atoms with E-state index in [-0.39, 0.29) is 5.41 Å². The van der Waals surface area contributed by atoms with Gasteiger partial charge < -0.3 is 4.98 Å². The number of H-pyrrole nitrogens is 1. The van der Waals surface area contributed by atoms with Gasteiger partial charge in [0.15, 0.2) is 0 Å². The van der Waals surface area contributed by atoms with Crippen LogP contribution in [0.15, 0.2) is 17.2 Å². The van der Waals surface area contributed by atoms with Gasteiger partial charge in [-0.05, 0) is 6.07 Å². The molecule has 0 saturated heterocycles. The summed E-state index contributed by atoms with van der Waals surface area (Å²) in [4.78, 5) is 4.17. The second kappa shape index (κ2) is 2.35. The lowest BCUT2D eigenvalue weighted by Gasteiger charge is -2.15. The number of aromatic amines is 1. The molecular weight excluding hydrogens is 142 g/mol. The first-order valence-electron chi connectivity index (χ1n) is 3.38. The summed E-state index contributed by atoms with van der Waals surface area (Å²) < 4.78 is 0. The molecule has 1 heterocycles. The monoisotopic (exact) mass is 155 g/mol. The van der Waals surface area contributed by atoms with Crippen LogP contribution in [0.1, 0.15) is 26.5 Å². The van der Waals surface area contributed by atoms with E-state index in [1.807, 2.05) is 6.20 Å². The smallest absolute Gasteiger partial charge is 0.0218 e. The molecule has 10 heavy (non-hydrogen) atoms. The van der Waals surface area contributed by atoms with Gasteiger partial charge in [-0.1, -0.05) is 20.8 Å². The summed E-state index contributed by atoms with van der Waals surface area (Å²) in [5, 5.41) is 0. The minimum Gasteiger partial charge on any atom is -0.363 e. The molecule has 0 saturated carbocycles. The summed E-state index contributed by atoms with van der Waals surface area (Å²) in [5.74, 6) is 0. The van der Waals surface area contributed by atoms with Gasteiger partial charge in [-0.3, -0.25) is 0 Å². The molecule has 1 nitrogen and oxygen atoms in total. The summed E-state index contributed by atoms with van der Waals surface area (Å²) in [6.45, 7) is 6.52. The molecule has 0 fully saturated rings. The number of thiol groups is 1. The lowest BCUT2D eigenvalue weighted by atomic mass is 9.93. The Labute approximate surface area is 67.3 Å². The number of nitrogens with one attached hydrogen (secondary N) is 1. The van der Waals surface area contributed by atoms with Gasteiger partial charge in [0.25, 0.3) is 0 Å². The zero-order chi connectivity index (χ0) is 7.78. The predicted molar refractivity (Wildman–Crippen MR) is 46.7 cm³/mol. The predicted octanol–water partition coefficient (Wildman–Crippen LogP) is 2.60. The highest BCUT2D eigenvalue weighted by molar-refractivity contribution is 7.80. The second-order valence-corrected chi connectivity index (χ2v) is 4.04. The maximum atomic E-state index is 4.21. The molecule has 1 aromatic rings. The molecule has 0 aliphatic carbocycles. The Morgan fingerprint density at radius 2 is 2.00 bits per heavy atom. The van der Waals surface area contributed by atoms with Gasteiger partial charge in [-0.2, -0.15) is 0 Å². The van der Waals surface area contributed by atoms with Crippen LogP contribution >= 0.6 is 12.6 Å². The molecule has 0 aliphatic rings. The quantitative estimate of drug-likeness (QED) is 0.536. The molecule has 0 aliphatic heterocycles. The fourth-order valence-corrected chi connectivity index (χ4v) is 1.01. The molecule has 0 amide bonds. The largest absolute Gasteiger partial charge is 0.363 e. The standard InChI is InChI=1S/C8H13NS/c1-8(2,3)7-4-6(10)5-9-7/h4-5,9-10H,1-3H3. The Morgan fingerprint density at radius 3 is 2.20 bits per heavy atom. The van der Waals surface area contributed by atoms with E-state index in [0.29, 0.717) is 0 Å². The summed E-state index contributed by atoms with van der Waals surface area (Å²) >= 11 is 4.21. The van der Waals surface area contributed by atoms with Crippen LogP contribution in [0.25, 0.3) is 0 Å². The maximum Gasteiger partial charge on any atom is 0.0218 e. The second-order valence-electron chi connectivity index (χ2n) is 3.52. The minimum absolute atomic E-state index is 0.209. The van der Waals surface area contributed by atoms with Gasteiger partial charge in [-0.25, -0.2) is 0 Å². The van der Waals surface area contributed by atoms with E-state index in [9.17, 15) is 0 Å². The molecule has 2 heteroatoms. The van der Waals surface area contributed by atoms with Crippen molar-refractivity contribution < 1.29 is 0 Å². The first-order chi connectivity index (χ1) is 4.50. The van der Waals surface area contributed by atoms with Crippen molar-refractivity contribution in [3.05, 3.63) is 18.0 Å². The van der Waals surface area contributed by atoms with Gasteiger partial charge >= 0.3 is 0 Å². The number of rotatable bonds is 0. The van der Waals surface area contributed by atoms with Crippen LogP contribution in [0, 0.1) is 0 Å². The number of hydrogen-bond acceptors (Lipinski definition) is 1. The van der Waals surface area contributed by atoms with Crippen LogP contribution in [0.4, 0.5) is 0 Å². The van der Waals surface area contributed by atoms with Crippen molar-refractivity contribution in [3.63, 3.8) is 0 Å². The highest BCUT2D eigenvalue weighted by atomic mass is 32.1. The highest BCUT2D eigenvalue weighted by Crippen LogP contribution is 2.22. The van der Waals surface area contributed by atoms with Crippen LogP contribution in [0.5, 0.6) is 0 Å². The van der Waals surface area contributed by atoms with Crippen LogP contribution in [0.2, 0.25) is 0 Å². The first kappa shape index (κ1) is 7.73. The van der Waals surface area contributed by atoms with Crippen LogP contribution in [-0.2, 0) is 5.41 Å². The number of hydrogen-bond donors (Lipinski definition) is 2. The number of aromatic nitrogens is 1. The van der Waals surface area contributed by atoms with Gasteiger partial charge in [-0.15, -0.1) is 12.6 Å². The molecule has 56 valence electrons. The molecule has 0 unspecified atom stereocenters. The van der Waals surface area contributed by atoms with Gasteiger partial charge in [0.1, 0.15) is 0 Å². The van der Waals surface area contributed by atoms with E-state index in [1.54, 1.807) is 0 Å². The zero-order valence-electron chi connectivity index (χ0n) is 6.60. The highest BCUT2D eigenvalue weighted by Gasteiger charge is 2.14. The normalized spacial score (nSPS) is 12.0.